The molecule has 4 N–H and O–H groups in total. The van der Waals surface area contributed by atoms with Crippen LogP contribution in [0.25, 0.3) is 28.2 Å². The highest BCUT2D eigenvalue weighted by Gasteiger charge is 2.26. The minimum atomic E-state index is -0.361. The first-order chi connectivity index (χ1) is 22.4. The highest BCUT2D eigenvalue weighted by Crippen LogP contribution is 2.31. The van der Waals surface area contributed by atoms with Crippen molar-refractivity contribution in [2.45, 2.75) is 57.7 Å². The van der Waals surface area contributed by atoms with Crippen molar-refractivity contribution in [2.24, 2.45) is 5.73 Å². The van der Waals surface area contributed by atoms with Gasteiger partial charge in [-0.15, -0.1) is 0 Å². The molecule has 46 heavy (non-hydrogen) atoms. The van der Waals surface area contributed by atoms with Crippen molar-refractivity contribution < 1.29 is 9.59 Å². The molecule has 2 aliphatic rings. The molecule has 2 aliphatic heterocycles. The van der Waals surface area contributed by atoms with E-state index in [0.29, 0.717) is 25.3 Å². The fraction of sp³-hybridized carbons (Fsp3) is 0.297. The monoisotopic (exact) mass is 613 g/mol. The minimum Gasteiger partial charge on any atom is -0.374 e. The first kappa shape index (κ1) is 29.8. The van der Waals surface area contributed by atoms with Crippen LogP contribution >= 0.6 is 0 Å². The number of nitrogens with zero attached hydrogens (tertiary/aromatic N) is 4. The second-order valence-corrected chi connectivity index (χ2v) is 12.5. The van der Waals surface area contributed by atoms with E-state index in [1.807, 2.05) is 35.0 Å². The molecule has 2 amide bonds. The molecule has 234 valence electrons. The number of carbonyl (C=O) groups is 2. The highest BCUT2D eigenvalue weighted by molar-refractivity contribution is 6.01. The van der Waals surface area contributed by atoms with Crippen molar-refractivity contribution in [2.75, 3.05) is 18.4 Å². The van der Waals surface area contributed by atoms with Crippen LogP contribution in [0.15, 0.2) is 85.1 Å². The molecular weight excluding hydrogens is 574 g/mol. The molecule has 5 aromatic rings. The Kier molecular flexibility index (Phi) is 8.34. The number of rotatable bonds is 8. The Morgan fingerprint density at radius 2 is 1.67 bits per heavy atom. The Balaban J connectivity index is 0.953. The maximum atomic E-state index is 12.1. The van der Waals surface area contributed by atoms with Crippen molar-refractivity contribution >= 4 is 23.1 Å². The summed E-state index contributed by atoms with van der Waals surface area (Å²) in [6, 6.07) is 27.2. The van der Waals surface area contributed by atoms with E-state index in [9.17, 15) is 9.59 Å². The third-order valence-electron chi connectivity index (χ3n) is 9.42. The fourth-order valence-corrected chi connectivity index (χ4v) is 6.69. The highest BCUT2D eigenvalue weighted by atomic mass is 16.2. The molecule has 1 atom stereocenters. The normalized spacial score (nSPS) is 17.7. The lowest BCUT2D eigenvalue weighted by Crippen LogP contribution is -2.47. The summed E-state index contributed by atoms with van der Waals surface area (Å²) >= 11 is 0. The van der Waals surface area contributed by atoms with Crippen LogP contribution in [0.1, 0.15) is 53.9 Å². The summed E-state index contributed by atoms with van der Waals surface area (Å²) < 4.78 is 1.92. The van der Waals surface area contributed by atoms with Crippen LogP contribution < -0.4 is 16.4 Å². The molecular formula is C37H39N7O2. The molecule has 2 fully saturated rings. The number of carbonyl (C=O) groups excluding carboxylic acids is 2. The van der Waals surface area contributed by atoms with Crippen molar-refractivity contribution in [1.29, 1.82) is 0 Å². The SMILES string of the molecule is Cc1cc(-c2ccnc3cc(-c4ccc(CN5CCC(c6ccc(NC7CCC(=O)NC7=O)cc6)CC5)cc4)nn23)ccc1CN. The van der Waals surface area contributed by atoms with E-state index in [2.05, 4.69) is 82.0 Å². The third kappa shape index (κ3) is 6.29. The van der Waals surface area contributed by atoms with Crippen LogP contribution in [0.4, 0.5) is 5.69 Å². The molecule has 0 bridgehead atoms. The molecule has 7 rings (SSSR count). The molecule has 1 unspecified atom stereocenters. The average Bonchev–Trinajstić information content (AvgIpc) is 3.52. The van der Waals surface area contributed by atoms with Crippen molar-refractivity contribution in [1.82, 2.24) is 24.8 Å². The van der Waals surface area contributed by atoms with Crippen LogP contribution in [0, 0.1) is 6.92 Å². The number of benzene rings is 3. The molecule has 2 aromatic heterocycles. The lowest BCUT2D eigenvalue weighted by molar-refractivity contribution is -0.133. The number of nitrogens with one attached hydrogen (secondary N) is 2. The number of imide groups is 1. The number of likely N-dealkylation sites (tertiary alicyclic amines) is 1. The number of hydrogen-bond donors (Lipinski definition) is 3. The zero-order chi connectivity index (χ0) is 31.6. The summed E-state index contributed by atoms with van der Waals surface area (Å²) in [4.78, 5) is 30.6. The Morgan fingerprint density at radius 3 is 2.39 bits per heavy atom. The topological polar surface area (TPSA) is 118 Å². The molecule has 9 heteroatoms. The first-order valence-corrected chi connectivity index (χ1v) is 16.1. The van der Waals surface area contributed by atoms with E-state index in [0.717, 1.165) is 71.9 Å². The van der Waals surface area contributed by atoms with Gasteiger partial charge in [0.25, 0.3) is 0 Å². The van der Waals surface area contributed by atoms with Gasteiger partial charge in [-0.1, -0.05) is 48.5 Å². The van der Waals surface area contributed by atoms with Gasteiger partial charge in [0.1, 0.15) is 6.04 Å². The molecule has 0 spiro atoms. The number of fused-ring (bicyclic) bond motifs is 1. The van der Waals surface area contributed by atoms with Gasteiger partial charge >= 0.3 is 0 Å². The Labute approximate surface area is 268 Å². The predicted octanol–water partition coefficient (Wildman–Crippen LogP) is 5.43. The molecule has 4 heterocycles. The standard InChI is InChI=1S/C37H39N7O2/c1-24-20-29(6-7-30(24)22-38)34-14-17-39-35-21-33(42-44(34)35)28-4-2-25(3-5-28)23-43-18-15-27(16-19-43)26-8-10-31(11-9-26)40-32-12-13-36(45)41-37(32)46/h2-11,14,17,20-21,27,32,40H,12-13,15-16,18-19,22-23,38H2,1H3,(H,41,45,46). The van der Waals surface area contributed by atoms with Crippen LogP contribution in [0.3, 0.4) is 0 Å². The average molecular weight is 614 g/mol. The van der Waals surface area contributed by atoms with Gasteiger partial charge in [-0.3, -0.25) is 19.8 Å². The third-order valence-corrected chi connectivity index (χ3v) is 9.42. The summed E-state index contributed by atoms with van der Waals surface area (Å²) in [5.41, 5.74) is 16.6. The second-order valence-electron chi connectivity index (χ2n) is 12.5. The van der Waals surface area contributed by atoms with Crippen LogP contribution in [0.5, 0.6) is 0 Å². The van der Waals surface area contributed by atoms with E-state index in [-0.39, 0.29) is 17.9 Å². The first-order valence-electron chi connectivity index (χ1n) is 16.1. The number of aryl methyl sites for hydroxylation is 1. The zero-order valence-electron chi connectivity index (χ0n) is 26.1. The van der Waals surface area contributed by atoms with E-state index >= 15 is 0 Å². The van der Waals surface area contributed by atoms with Gasteiger partial charge in [0.05, 0.1) is 11.4 Å². The van der Waals surface area contributed by atoms with Gasteiger partial charge in [0.15, 0.2) is 5.65 Å². The van der Waals surface area contributed by atoms with E-state index in [1.54, 1.807) is 0 Å². The van der Waals surface area contributed by atoms with Gasteiger partial charge in [0.2, 0.25) is 11.8 Å². The number of amides is 2. The summed E-state index contributed by atoms with van der Waals surface area (Å²) in [5, 5.41) is 10.6. The van der Waals surface area contributed by atoms with Gasteiger partial charge < -0.3 is 11.1 Å². The van der Waals surface area contributed by atoms with E-state index < -0.39 is 0 Å². The molecule has 3 aromatic carbocycles. The predicted molar refractivity (Wildman–Crippen MR) is 180 cm³/mol. The zero-order valence-corrected chi connectivity index (χ0v) is 26.1. The van der Waals surface area contributed by atoms with Gasteiger partial charge in [-0.05, 0) is 91.7 Å². The van der Waals surface area contributed by atoms with Crippen LogP contribution in [-0.2, 0) is 22.7 Å². The van der Waals surface area contributed by atoms with E-state index in [1.165, 1.54) is 16.7 Å². The fourth-order valence-electron chi connectivity index (χ4n) is 6.69. The maximum absolute atomic E-state index is 12.1. The molecule has 0 radical (unpaired) electrons. The lowest BCUT2D eigenvalue weighted by Gasteiger charge is -2.32. The minimum absolute atomic E-state index is 0.196. The lowest BCUT2D eigenvalue weighted by atomic mass is 9.89. The number of aromatic nitrogens is 3. The molecule has 9 nitrogen and oxygen atoms in total. The van der Waals surface area contributed by atoms with Crippen molar-refractivity contribution in [3.8, 4) is 22.5 Å². The van der Waals surface area contributed by atoms with Gasteiger partial charge in [-0.2, -0.15) is 5.10 Å². The molecule has 0 saturated carbocycles. The quantitative estimate of drug-likeness (QED) is 0.200. The maximum Gasteiger partial charge on any atom is 0.249 e. The summed E-state index contributed by atoms with van der Waals surface area (Å²) in [5.74, 6) is 0.0852. The largest absolute Gasteiger partial charge is 0.374 e. The smallest absolute Gasteiger partial charge is 0.249 e. The van der Waals surface area contributed by atoms with E-state index in [4.69, 9.17) is 10.8 Å². The number of nitrogens with two attached hydrogens (primary N) is 1. The Morgan fingerprint density at radius 1 is 0.913 bits per heavy atom. The number of hydrogen-bond acceptors (Lipinski definition) is 7. The molecule has 0 aliphatic carbocycles. The Bertz CT molecular complexity index is 1870. The van der Waals surface area contributed by atoms with Crippen LogP contribution in [-0.4, -0.2) is 50.4 Å². The second kappa shape index (κ2) is 12.9. The van der Waals surface area contributed by atoms with Crippen molar-refractivity contribution in [3.63, 3.8) is 0 Å². The summed E-state index contributed by atoms with van der Waals surface area (Å²) in [6.45, 7) is 5.65. The van der Waals surface area contributed by atoms with Gasteiger partial charge in [0, 0.05) is 48.6 Å². The van der Waals surface area contributed by atoms with Gasteiger partial charge in [-0.25, -0.2) is 9.50 Å². The summed E-state index contributed by atoms with van der Waals surface area (Å²) in [6.07, 6.45) is 4.96. The summed E-state index contributed by atoms with van der Waals surface area (Å²) in [7, 11) is 0. The number of piperidine rings is 2. The Hall–Kier alpha value is -4.86. The molecule has 2 saturated heterocycles. The number of anilines is 1. The van der Waals surface area contributed by atoms with Crippen molar-refractivity contribution in [3.05, 3.63) is 107 Å². The van der Waals surface area contributed by atoms with Crippen LogP contribution in [0.2, 0.25) is 0 Å².